The van der Waals surface area contributed by atoms with Gasteiger partial charge in [-0.3, -0.25) is 0 Å². The number of methoxy groups -OCH3 is 1. The van der Waals surface area contributed by atoms with Crippen molar-refractivity contribution >= 4 is 5.69 Å². The van der Waals surface area contributed by atoms with Crippen molar-refractivity contribution in [1.29, 1.82) is 0 Å². The monoisotopic (exact) mass is 234 g/mol. The molecule has 0 aliphatic heterocycles. The molecule has 1 aliphatic rings. The van der Waals surface area contributed by atoms with Crippen LogP contribution in [0.25, 0.3) is 0 Å². The van der Waals surface area contributed by atoms with E-state index in [1.54, 1.807) is 7.11 Å². The number of hydrogen-bond acceptors (Lipinski definition) is 3. The first-order chi connectivity index (χ1) is 8.26. The van der Waals surface area contributed by atoms with Crippen molar-refractivity contribution < 1.29 is 4.74 Å². The van der Waals surface area contributed by atoms with Crippen LogP contribution in [0.2, 0.25) is 0 Å². The maximum Gasteiger partial charge on any atom is 0.142 e. The fourth-order valence-electron chi connectivity index (χ4n) is 2.36. The average molecular weight is 234 g/mol. The van der Waals surface area contributed by atoms with Gasteiger partial charge in [0.25, 0.3) is 0 Å². The van der Waals surface area contributed by atoms with Gasteiger partial charge in [-0.15, -0.1) is 0 Å². The first-order valence-electron chi connectivity index (χ1n) is 6.37. The summed E-state index contributed by atoms with van der Waals surface area (Å²) < 4.78 is 5.46. The normalized spacial score (nSPS) is 15.5. The van der Waals surface area contributed by atoms with Crippen LogP contribution >= 0.6 is 0 Å². The zero-order valence-corrected chi connectivity index (χ0v) is 10.8. The highest BCUT2D eigenvalue weighted by molar-refractivity contribution is 5.61. The van der Waals surface area contributed by atoms with E-state index in [0.717, 1.165) is 12.3 Å². The second kappa shape index (κ2) is 5.41. The van der Waals surface area contributed by atoms with Gasteiger partial charge in [-0.2, -0.15) is 0 Å². The number of ether oxygens (including phenoxy) is 1. The largest absolute Gasteiger partial charge is 0.495 e. The molecule has 1 fully saturated rings. The van der Waals surface area contributed by atoms with Crippen molar-refractivity contribution in [2.45, 2.75) is 32.2 Å². The molecule has 2 N–H and O–H groups in total. The highest BCUT2D eigenvalue weighted by Gasteiger charge is 2.26. The Balaban J connectivity index is 2.29. The summed E-state index contributed by atoms with van der Waals surface area (Å²) in [6.07, 6.45) is 3.88. The first kappa shape index (κ1) is 12.2. The van der Waals surface area contributed by atoms with Gasteiger partial charge in [0.15, 0.2) is 0 Å². The van der Waals surface area contributed by atoms with Gasteiger partial charge in [0.1, 0.15) is 5.75 Å². The molecule has 1 aromatic rings. The molecule has 0 unspecified atom stereocenters. The number of anilines is 1. The summed E-state index contributed by atoms with van der Waals surface area (Å²) in [5.41, 5.74) is 8.19. The molecule has 0 spiro atoms. The predicted octanol–water partition coefficient (Wildman–Crippen LogP) is 2.32. The SMILES string of the molecule is COc1ccc(C)cc1N(CCN)C1CCC1. The molecule has 1 aromatic carbocycles. The van der Waals surface area contributed by atoms with Gasteiger partial charge in [-0.25, -0.2) is 0 Å². The van der Waals surface area contributed by atoms with Crippen molar-refractivity contribution in [1.82, 2.24) is 0 Å². The lowest BCUT2D eigenvalue weighted by Crippen LogP contribution is -2.43. The fourth-order valence-corrected chi connectivity index (χ4v) is 2.36. The number of nitrogens with two attached hydrogens (primary N) is 1. The quantitative estimate of drug-likeness (QED) is 0.849. The van der Waals surface area contributed by atoms with Crippen LogP contribution in [0.4, 0.5) is 5.69 Å². The molecule has 0 radical (unpaired) electrons. The van der Waals surface area contributed by atoms with Crippen molar-refractivity contribution in [3.63, 3.8) is 0 Å². The Kier molecular flexibility index (Phi) is 3.89. The van der Waals surface area contributed by atoms with E-state index in [-0.39, 0.29) is 0 Å². The summed E-state index contributed by atoms with van der Waals surface area (Å²) in [7, 11) is 1.73. The molecular formula is C14H22N2O. The minimum absolute atomic E-state index is 0.647. The highest BCUT2D eigenvalue weighted by Crippen LogP contribution is 2.35. The number of aryl methyl sites for hydroxylation is 1. The third kappa shape index (κ3) is 2.55. The Morgan fingerprint density at radius 1 is 1.41 bits per heavy atom. The molecular weight excluding hydrogens is 212 g/mol. The number of hydrogen-bond donors (Lipinski definition) is 1. The molecule has 0 heterocycles. The van der Waals surface area contributed by atoms with Gasteiger partial charge < -0.3 is 15.4 Å². The summed E-state index contributed by atoms with van der Waals surface area (Å²) in [5, 5.41) is 0. The van der Waals surface area contributed by atoms with Crippen molar-refractivity contribution in [3.05, 3.63) is 23.8 Å². The molecule has 0 atom stereocenters. The lowest BCUT2D eigenvalue weighted by atomic mass is 9.91. The number of benzene rings is 1. The van der Waals surface area contributed by atoms with Crippen LogP contribution in [0.15, 0.2) is 18.2 Å². The summed E-state index contributed by atoms with van der Waals surface area (Å²) in [6, 6.07) is 6.98. The van der Waals surface area contributed by atoms with Crippen LogP contribution in [0, 0.1) is 6.92 Å². The van der Waals surface area contributed by atoms with Gasteiger partial charge in [0, 0.05) is 19.1 Å². The molecule has 1 aliphatic carbocycles. The second-order valence-corrected chi connectivity index (χ2v) is 4.74. The van der Waals surface area contributed by atoms with E-state index in [0.29, 0.717) is 12.6 Å². The maximum absolute atomic E-state index is 5.73. The lowest BCUT2D eigenvalue weighted by Gasteiger charge is -2.39. The van der Waals surface area contributed by atoms with E-state index in [1.807, 2.05) is 6.07 Å². The Labute approximate surface area is 104 Å². The van der Waals surface area contributed by atoms with E-state index in [4.69, 9.17) is 10.5 Å². The number of nitrogens with zero attached hydrogens (tertiary/aromatic N) is 1. The molecule has 0 bridgehead atoms. The van der Waals surface area contributed by atoms with Gasteiger partial charge in [0.05, 0.1) is 12.8 Å². The highest BCUT2D eigenvalue weighted by atomic mass is 16.5. The molecule has 0 amide bonds. The Bertz CT molecular complexity index is 374. The van der Waals surface area contributed by atoms with Crippen LogP contribution in [0.1, 0.15) is 24.8 Å². The molecule has 17 heavy (non-hydrogen) atoms. The smallest absolute Gasteiger partial charge is 0.142 e. The third-order valence-corrected chi connectivity index (χ3v) is 3.53. The van der Waals surface area contributed by atoms with Crippen LogP contribution in [-0.4, -0.2) is 26.2 Å². The standard InChI is InChI=1S/C14H22N2O/c1-11-6-7-14(17-2)13(10-11)16(9-8-15)12-4-3-5-12/h6-7,10,12H,3-5,8-9,15H2,1-2H3. The van der Waals surface area contributed by atoms with E-state index < -0.39 is 0 Å². The fraction of sp³-hybridized carbons (Fsp3) is 0.571. The van der Waals surface area contributed by atoms with Gasteiger partial charge in [-0.1, -0.05) is 6.07 Å². The van der Waals surface area contributed by atoms with E-state index in [9.17, 15) is 0 Å². The van der Waals surface area contributed by atoms with E-state index in [2.05, 4.69) is 24.0 Å². The van der Waals surface area contributed by atoms with Gasteiger partial charge >= 0.3 is 0 Å². The van der Waals surface area contributed by atoms with E-state index in [1.165, 1.54) is 30.5 Å². The summed E-state index contributed by atoms with van der Waals surface area (Å²) >= 11 is 0. The van der Waals surface area contributed by atoms with Gasteiger partial charge in [0.2, 0.25) is 0 Å². The minimum Gasteiger partial charge on any atom is -0.495 e. The summed E-state index contributed by atoms with van der Waals surface area (Å²) in [4.78, 5) is 2.41. The minimum atomic E-state index is 0.647. The topological polar surface area (TPSA) is 38.5 Å². The average Bonchev–Trinajstić information content (AvgIpc) is 2.26. The van der Waals surface area contributed by atoms with Crippen molar-refractivity contribution in [2.24, 2.45) is 5.73 Å². The summed E-state index contributed by atoms with van der Waals surface area (Å²) in [5.74, 6) is 0.955. The van der Waals surface area contributed by atoms with Gasteiger partial charge in [-0.05, 0) is 43.9 Å². The Hall–Kier alpha value is -1.22. The zero-order valence-electron chi connectivity index (χ0n) is 10.8. The molecule has 0 aromatic heterocycles. The molecule has 1 saturated carbocycles. The second-order valence-electron chi connectivity index (χ2n) is 4.74. The Morgan fingerprint density at radius 2 is 2.18 bits per heavy atom. The van der Waals surface area contributed by atoms with Crippen LogP contribution in [0.3, 0.4) is 0 Å². The van der Waals surface area contributed by atoms with Crippen LogP contribution in [-0.2, 0) is 0 Å². The predicted molar refractivity (Wildman–Crippen MR) is 71.8 cm³/mol. The Morgan fingerprint density at radius 3 is 2.71 bits per heavy atom. The lowest BCUT2D eigenvalue weighted by molar-refractivity contribution is 0.376. The molecule has 2 rings (SSSR count). The summed E-state index contributed by atoms with van der Waals surface area (Å²) in [6.45, 7) is 3.71. The van der Waals surface area contributed by atoms with Crippen molar-refractivity contribution in [3.8, 4) is 5.75 Å². The molecule has 0 saturated heterocycles. The zero-order chi connectivity index (χ0) is 12.3. The van der Waals surface area contributed by atoms with Crippen molar-refractivity contribution in [2.75, 3.05) is 25.1 Å². The first-order valence-corrected chi connectivity index (χ1v) is 6.37. The van der Waals surface area contributed by atoms with E-state index >= 15 is 0 Å². The molecule has 3 heteroatoms. The maximum atomic E-state index is 5.73. The van der Waals surface area contributed by atoms with Crippen LogP contribution in [0.5, 0.6) is 5.75 Å². The third-order valence-electron chi connectivity index (χ3n) is 3.53. The van der Waals surface area contributed by atoms with Crippen LogP contribution < -0.4 is 15.4 Å². The number of rotatable bonds is 5. The molecule has 3 nitrogen and oxygen atoms in total. The molecule has 94 valence electrons.